The van der Waals surface area contributed by atoms with Gasteiger partial charge in [0.1, 0.15) is 5.75 Å². The number of carbonyl (C=O) groups excluding carboxylic acids is 2. The molecule has 2 aromatic rings. The topological polar surface area (TPSA) is 61.8 Å². The van der Waals surface area contributed by atoms with Crippen molar-refractivity contribution in [3.8, 4) is 5.75 Å². The SMILES string of the molecule is CCC(C)C(C[C@H](CCc1ccccc1)SCc1ccc(OC)cc1)(C(=O)OC)C(=O)OC. The largest absolute Gasteiger partial charge is 0.497 e. The quantitative estimate of drug-likeness (QED) is 0.275. The minimum Gasteiger partial charge on any atom is -0.497 e. The molecule has 5 nitrogen and oxygen atoms in total. The molecule has 0 aliphatic carbocycles. The van der Waals surface area contributed by atoms with Crippen LogP contribution >= 0.6 is 11.8 Å². The first-order chi connectivity index (χ1) is 15.9. The summed E-state index contributed by atoms with van der Waals surface area (Å²) in [5, 5.41) is 0.0551. The highest BCUT2D eigenvalue weighted by atomic mass is 32.2. The summed E-state index contributed by atoms with van der Waals surface area (Å²) in [7, 11) is 4.33. The molecule has 0 spiro atoms. The molecule has 0 saturated carbocycles. The molecule has 0 radical (unpaired) electrons. The standard InChI is InChI=1S/C27H36O5S/c1-6-20(2)27(25(28)31-4,26(29)32-5)18-24(17-14-21-10-8-7-9-11-21)33-19-22-12-15-23(30-3)16-13-22/h7-13,15-16,20,24H,6,14,17-19H2,1-5H3/t20?,24-/m0/s1. The lowest BCUT2D eigenvalue weighted by molar-refractivity contribution is -0.174. The maximum atomic E-state index is 13.0. The van der Waals surface area contributed by atoms with Crippen molar-refractivity contribution < 1.29 is 23.8 Å². The van der Waals surface area contributed by atoms with Gasteiger partial charge in [0.25, 0.3) is 0 Å². The van der Waals surface area contributed by atoms with Crippen LogP contribution in [0.15, 0.2) is 54.6 Å². The number of aryl methyl sites for hydroxylation is 1. The van der Waals surface area contributed by atoms with Crippen LogP contribution in [-0.4, -0.2) is 38.5 Å². The van der Waals surface area contributed by atoms with Crippen LogP contribution < -0.4 is 4.74 Å². The Morgan fingerprint density at radius 3 is 2.03 bits per heavy atom. The van der Waals surface area contributed by atoms with Gasteiger partial charge in [-0.05, 0) is 48.4 Å². The second kappa shape index (κ2) is 13.3. The molecule has 0 N–H and O–H groups in total. The second-order valence-corrected chi connectivity index (χ2v) is 9.56. The summed E-state index contributed by atoms with van der Waals surface area (Å²) in [5.74, 6) is 0.342. The number of methoxy groups -OCH3 is 3. The molecule has 0 saturated heterocycles. The van der Waals surface area contributed by atoms with E-state index in [4.69, 9.17) is 14.2 Å². The van der Waals surface area contributed by atoms with Crippen LogP contribution in [-0.2, 0) is 31.2 Å². The minimum absolute atomic E-state index is 0.0551. The fourth-order valence-electron chi connectivity index (χ4n) is 4.08. The minimum atomic E-state index is -1.33. The van der Waals surface area contributed by atoms with Crippen molar-refractivity contribution in [2.45, 2.75) is 50.5 Å². The second-order valence-electron chi connectivity index (χ2n) is 8.27. The summed E-state index contributed by atoms with van der Waals surface area (Å²) in [4.78, 5) is 26.1. The van der Waals surface area contributed by atoms with Crippen LogP contribution in [0.25, 0.3) is 0 Å². The summed E-state index contributed by atoms with van der Waals surface area (Å²) < 4.78 is 15.6. The maximum Gasteiger partial charge on any atom is 0.323 e. The summed E-state index contributed by atoms with van der Waals surface area (Å²) in [6.07, 6.45) is 2.73. The Morgan fingerprint density at radius 1 is 0.909 bits per heavy atom. The molecule has 2 aromatic carbocycles. The van der Waals surface area contributed by atoms with Gasteiger partial charge in [0.15, 0.2) is 5.41 Å². The van der Waals surface area contributed by atoms with Crippen LogP contribution in [0, 0.1) is 11.3 Å². The van der Waals surface area contributed by atoms with Gasteiger partial charge in [0.05, 0.1) is 21.3 Å². The molecule has 180 valence electrons. The Kier molecular flexibility index (Phi) is 10.8. The average molecular weight is 473 g/mol. The number of ether oxygens (including phenoxy) is 3. The predicted octanol–water partition coefficient (Wildman–Crippen LogP) is 5.70. The number of hydrogen-bond donors (Lipinski definition) is 0. The van der Waals surface area contributed by atoms with Crippen LogP contribution in [0.1, 0.15) is 44.2 Å². The number of thioether (sulfide) groups is 1. The highest BCUT2D eigenvalue weighted by Gasteiger charge is 2.53. The van der Waals surface area contributed by atoms with Gasteiger partial charge in [-0.1, -0.05) is 62.7 Å². The molecule has 0 heterocycles. The molecule has 0 aliphatic rings. The van der Waals surface area contributed by atoms with Gasteiger partial charge in [-0.2, -0.15) is 11.8 Å². The molecular weight excluding hydrogens is 436 g/mol. The highest BCUT2D eigenvalue weighted by Crippen LogP contribution is 2.42. The Balaban J connectivity index is 2.30. The van der Waals surface area contributed by atoms with E-state index in [-0.39, 0.29) is 11.2 Å². The predicted molar refractivity (Wildman–Crippen MR) is 133 cm³/mol. The van der Waals surface area contributed by atoms with Crippen molar-refractivity contribution in [3.05, 3.63) is 65.7 Å². The number of rotatable bonds is 13. The molecule has 6 heteroatoms. The van der Waals surface area contributed by atoms with Crippen molar-refractivity contribution in [3.63, 3.8) is 0 Å². The van der Waals surface area contributed by atoms with E-state index in [0.717, 1.165) is 29.9 Å². The molecule has 0 amide bonds. The first-order valence-electron chi connectivity index (χ1n) is 11.4. The number of hydrogen-bond acceptors (Lipinski definition) is 6. The molecule has 1 unspecified atom stereocenters. The van der Waals surface area contributed by atoms with E-state index in [9.17, 15) is 9.59 Å². The Labute approximate surface area is 202 Å². The normalized spacial score (nSPS) is 13.1. The number of esters is 2. The molecule has 0 bridgehead atoms. The molecule has 2 atom stereocenters. The zero-order valence-corrected chi connectivity index (χ0v) is 21.2. The van der Waals surface area contributed by atoms with E-state index in [1.807, 2.05) is 56.3 Å². The molecule has 0 aromatic heterocycles. The number of benzene rings is 2. The Morgan fingerprint density at radius 2 is 1.52 bits per heavy atom. The molecule has 2 rings (SSSR count). The summed E-state index contributed by atoms with van der Waals surface area (Å²) in [5.41, 5.74) is 1.07. The third-order valence-electron chi connectivity index (χ3n) is 6.35. The zero-order valence-electron chi connectivity index (χ0n) is 20.3. The van der Waals surface area contributed by atoms with E-state index < -0.39 is 17.4 Å². The van der Waals surface area contributed by atoms with E-state index in [0.29, 0.717) is 12.8 Å². The maximum absolute atomic E-state index is 13.0. The van der Waals surface area contributed by atoms with Crippen LogP contribution in [0.3, 0.4) is 0 Å². The van der Waals surface area contributed by atoms with Crippen LogP contribution in [0.2, 0.25) is 0 Å². The van der Waals surface area contributed by atoms with E-state index in [1.165, 1.54) is 19.8 Å². The van der Waals surface area contributed by atoms with Crippen molar-refractivity contribution in [1.29, 1.82) is 0 Å². The number of carbonyl (C=O) groups is 2. The fraction of sp³-hybridized carbons (Fsp3) is 0.481. The molecule has 33 heavy (non-hydrogen) atoms. The lowest BCUT2D eigenvalue weighted by atomic mass is 9.71. The average Bonchev–Trinajstić information content (AvgIpc) is 2.87. The van der Waals surface area contributed by atoms with Crippen molar-refractivity contribution >= 4 is 23.7 Å². The zero-order chi connectivity index (χ0) is 24.3. The summed E-state index contributed by atoms with van der Waals surface area (Å²) in [6, 6.07) is 18.2. The third-order valence-corrected chi connectivity index (χ3v) is 7.72. The lowest BCUT2D eigenvalue weighted by Crippen LogP contribution is -2.48. The van der Waals surface area contributed by atoms with Gasteiger partial charge < -0.3 is 14.2 Å². The monoisotopic (exact) mass is 472 g/mol. The van der Waals surface area contributed by atoms with Crippen LogP contribution in [0.4, 0.5) is 0 Å². The van der Waals surface area contributed by atoms with Crippen molar-refractivity contribution in [2.75, 3.05) is 21.3 Å². The van der Waals surface area contributed by atoms with E-state index in [2.05, 4.69) is 12.1 Å². The lowest BCUT2D eigenvalue weighted by Gasteiger charge is -2.36. The Hall–Kier alpha value is -2.47. The first kappa shape index (κ1) is 26.8. The molecule has 0 fully saturated rings. The van der Waals surface area contributed by atoms with Crippen LogP contribution in [0.5, 0.6) is 5.75 Å². The van der Waals surface area contributed by atoms with Gasteiger partial charge in [0.2, 0.25) is 0 Å². The van der Waals surface area contributed by atoms with Gasteiger partial charge in [-0.15, -0.1) is 0 Å². The van der Waals surface area contributed by atoms with Gasteiger partial charge >= 0.3 is 11.9 Å². The summed E-state index contributed by atoms with van der Waals surface area (Å²) in [6.45, 7) is 3.91. The Bertz CT molecular complexity index is 850. The summed E-state index contributed by atoms with van der Waals surface area (Å²) >= 11 is 1.76. The van der Waals surface area contributed by atoms with E-state index >= 15 is 0 Å². The molecule has 0 aliphatic heterocycles. The first-order valence-corrected chi connectivity index (χ1v) is 12.4. The van der Waals surface area contributed by atoms with Gasteiger partial charge in [0, 0.05) is 11.0 Å². The third kappa shape index (κ3) is 7.00. The van der Waals surface area contributed by atoms with Gasteiger partial charge in [-0.25, -0.2) is 0 Å². The smallest absolute Gasteiger partial charge is 0.323 e. The highest BCUT2D eigenvalue weighted by molar-refractivity contribution is 7.99. The van der Waals surface area contributed by atoms with Crippen molar-refractivity contribution in [2.24, 2.45) is 11.3 Å². The molecular formula is C27H36O5S. The van der Waals surface area contributed by atoms with Crippen molar-refractivity contribution in [1.82, 2.24) is 0 Å². The fourth-order valence-corrected chi connectivity index (χ4v) is 5.36. The van der Waals surface area contributed by atoms with Gasteiger partial charge in [-0.3, -0.25) is 9.59 Å². The van der Waals surface area contributed by atoms with E-state index in [1.54, 1.807) is 18.9 Å².